The van der Waals surface area contributed by atoms with Crippen LogP contribution >= 0.6 is 12.2 Å². The van der Waals surface area contributed by atoms with Crippen molar-refractivity contribution in [2.24, 2.45) is 5.73 Å². The van der Waals surface area contributed by atoms with Crippen molar-refractivity contribution in [1.82, 2.24) is 14.8 Å². The Labute approximate surface area is 114 Å². The summed E-state index contributed by atoms with van der Waals surface area (Å²) in [4.78, 5) is 9.78. The van der Waals surface area contributed by atoms with Crippen LogP contribution in [0.2, 0.25) is 0 Å². The summed E-state index contributed by atoms with van der Waals surface area (Å²) in [6.07, 6.45) is 1.87. The molecular formula is C13H20N4S. The second kappa shape index (κ2) is 6.22. The normalized spacial score (nSPS) is 17.8. The first-order chi connectivity index (χ1) is 8.65. The molecule has 1 aromatic heterocycles. The average Bonchev–Trinajstić information content (AvgIpc) is 2.34. The predicted molar refractivity (Wildman–Crippen MR) is 77.5 cm³/mol. The van der Waals surface area contributed by atoms with Gasteiger partial charge in [0, 0.05) is 45.5 Å². The monoisotopic (exact) mass is 264 g/mol. The number of aryl methyl sites for hydroxylation is 1. The van der Waals surface area contributed by atoms with E-state index in [1.807, 2.05) is 12.3 Å². The zero-order valence-electron chi connectivity index (χ0n) is 10.8. The number of hydrogen-bond acceptors (Lipinski definition) is 4. The van der Waals surface area contributed by atoms with E-state index in [-0.39, 0.29) is 0 Å². The van der Waals surface area contributed by atoms with Crippen molar-refractivity contribution in [2.75, 3.05) is 32.7 Å². The van der Waals surface area contributed by atoms with Crippen molar-refractivity contribution in [2.45, 2.75) is 13.5 Å². The number of thiocarbonyl (C=S) groups is 1. The van der Waals surface area contributed by atoms with Gasteiger partial charge in [-0.1, -0.05) is 18.3 Å². The fraction of sp³-hybridized carbons (Fsp3) is 0.538. The molecule has 0 amide bonds. The van der Waals surface area contributed by atoms with Crippen molar-refractivity contribution in [3.8, 4) is 0 Å². The first kappa shape index (κ1) is 13.4. The SMILES string of the molecule is Cc1cccnc1CN1CCN(CC(N)=S)CC1. The molecule has 0 bridgehead atoms. The van der Waals surface area contributed by atoms with Gasteiger partial charge in [-0.15, -0.1) is 0 Å². The van der Waals surface area contributed by atoms with Crippen LogP contribution in [0, 0.1) is 6.92 Å². The number of hydrogen-bond donors (Lipinski definition) is 1. The summed E-state index contributed by atoms with van der Waals surface area (Å²) in [6.45, 7) is 7.97. The molecule has 1 aromatic rings. The first-order valence-corrected chi connectivity index (χ1v) is 6.69. The van der Waals surface area contributed by atoms with Crippen LogP contribution in [-0.4, -0.2) is 52.5 Å². The van der Waals surface area contributed by atoms with Crippen molar-refractivity contribution < 1.29 is 0 Å². The maximum atomic E-state index is 5.57. The van der Waals surface area contributed by atoms with Crippen LogP contribution < -0.4 is 5.73 Å². The quantitative estimate of drug-likeness (QED) is 0.815. The Morgan fingerprint density at radius 2 is 2.00 bits per heavy atom. The van der Waals surface area contributed by atoms with E-state index in [1.165, 1.54) is 11.3 Å². The van der Waals surface area contributed by atoms with Crippen LogP contribution in [0.5, 0.6) is 0 Å². The lowest BCUT2D eigenvalue weighted by atomic mass is 10.2. The highest BCUT2D eigenvalue weighted by atomic mass is 32.1. The summed E-state index contributed by atoms with van der Waals surface area (Å²) in [5.41, 5.74) is 8.02. The summed E-state index contributed by atoms with van der Waals surface area (Å²) < 4.78 is 0. The Morgan fingerprint density at radius 1 is 1.33 bits per heavy atom. The summed E-state index contributed by atoms with van der Waals surface area (Å²) in [5, 5.41) is 0. The largest absolute Gasteiger partial charge is 0.392 e. The molecule has 0 spiro atoms. The summed E-state index contributed by atoms with van der Waals surface area (Å²) >= 11 is 4.94. The molecule has 2 rings (SSSR count). The Balaban J connectivity index is 1.84. The third-order valence-corrected chi connectivity index (χ3v) is 3.46. The molecule has 2 N–H and O–H groups in total. The third-order valence-electron chi connectivity index (χ3n) is 3.34. The number of piperazine rings is 1. The molecule has 0 radical (unpaired) electrons. The zero-order chi connectivity index (χ0) is 13.0. The predicted octanol–water partition coefficient (Wildman–Crippen LogP) is 0.794. The molecule has 4 nitrogen and oxygen atoms in total. The highest BCUT2D eigenvalue weighted by molar-refractivity contribution is 7.80. The van der Waals surface area contributed by atoms with Gasteiger partial charge < -0.3 is 5.73 Å². The number of nitrogens with two attached hydrogens (primary N) is 1. The molecule has 2 heterocycles. The van der Waals surface area contributed by atoms with Crippen LogP contribution in [0.3, 0.4) is 0 Å². The highest BCUT2D eigenvalue weighted by Gasteiger charge is 2.17. The summed E-state index contributed by atoms with van der Waals surface area (Å²) in [7, 11) is 0. The smallest absolute Gasteiger partial charge is 0.0870 e. The lowest BCUT2D eigenvalue weighted by Crippen LogP contribution is -2.48. The molecule has 1 aliphatic rings. The molecule has 0 aromatic carbocycles. The van der Waals surface area contributed by atoms with E-state index in [1.54, 1.807) is 0 Å². The van der Waals surface area contributed by atoms with Gasteiger partial charge in [0.2, 0.25) is 0 Å². The molecule has 98 valence electrons. The summed E-state index contributed by atoms with van der Waals surface area (Å²) in [6, 6.07) is 4.10. The Bertz CT molecular complexity index is 413. The van der Waals surface area contributed by atoms with E-state index in [4.69, 9.17) is 18.0 Å². The average molecular weight is 264 g/mol. The van der Waals surface area contributed by atoms with Gasteiger partial charge in [-0.05, 0) is 18.6 Å². The molecule has 1 fully saturated rings. The van der Waals surface area contributed by atoms with Gasteiger partial charge >= 0.3 is 0 Å². The number of pyridine rings is 1. The Hall–Kier alpha value is -1.04. The Morgan fingerprint density at radius 3 is 2.61 bits per heavy atom. The van der Waals surface area contributed by atoms with E-state index in [0.717, 1.165) is 39.3 Å². The van der Waals surface area contributed by atoms with E-state index >= 15 is 0 Å². The van der Waals surface area contributed by atoms with Crippen molar-refractivity contribution in [3.05, 3.63) is 29.6 Å². The molecular weight excluding hydrogens is 244 g/mol. The fourth-order valence-electron chi connectivity index (χ4n) is 2.22. The minimum Gasteiger partial charge on any atom is -0.392 e. The minimum atomic E-state index is 0.587. The molecule has 1 aliphatic heterocycles. The number of aromatic nitrogens is 1. The van der Waals surface area contributed by atoms with Crippen LogP contribution in [0.1, 0.15) is 11.3 Å². The van der Waals surface area contributed by atoms with Crippen LogP contribution in [0.15, 0.2) is 18.3 Å². The second-order valence-electron chi connectivity index (χ2n) is 4.79. The molecule has 0 aliphatic carbocycles. The van der Waals surface area contributed by atoms with Gasteiger partial charge in [0.05, 0.1) is 10.7 Å². The second-order valence-corrected chi connectivity index (χ2v) is 5.31. The van der Waals surface area contributed by atoms with Crippen LogP contribution in [0.25, 0.3) is 0 Å². The highest BCUT2D eigenvalue weighted by Crippen LogP contribution is 2.09. The minimum absolute atomic E-state index is 0.587. The van der Waals surface area contributed by atoms with Gasteiger partial charge in [0.15, 0.2) is 0 Å². The standard InChI is InChI=1S/C13H20N4S/c1-11-3-2-4-15-12(11)9-16-5-7-17(8-6-16)10-13(14)18/h2-4H,5-10H2,1H3,(H2,14,18). The first-order valence-electron chi connectivity index (χ1n) is 6.28. The van der Waals surface area contributed by atoms with Crippen molar-refractivity contribution in [3.63, 3.8) is 0 Å². The van der Waals surface area contributed by atoms with Crippen molar-refractivity contribution in [1.29, 1.82) is 0 Å². The van der Waals surface area contributed by atoms with Gasteiger partial charge in [0.1, 0.15) is 0 Å². The van der Waals surface area contributed by atoms with E-state index in [0.29, 0.717) is 4.99 Å². The van der Waals surface area contributed by atoms with E-state index in [9.17, 15) is 0 Å². The number of nitrogens with zero attached hydrogens (tertiary/aromatic N) is 3. The van der Waals surface area contributed by atoms with Crippen LogP contribution in [-0.2, 0) is 6.54 Å². The van der Waals surface area contributed by atoms with E-state index in [2.05, 4.69) is 27.8 Å². The fourth-order valence-corrected chi connectivity index (χ4v) is 2.40. The molecule has 1 saturated heterocycles. The lowest BCUT2D eigenvalue weighted by Gasteiger charge is -2.34. The Kier molecular flexibility index (Phi) is 4.63. The van der Waals surface area contributed by atoms with Gasteiger partial charge in [0.25, 0.3) is 0 Å². The van der Waals surface area contributed by atoms with E-state index < -0.39 is 0 Å². The summed E-state index contributed by atoms with van der Waals surface area (Å²) in [5.74, 6) is 0. The molecule has 18 heavy (non-hydrogen) atoms. The number of rotatable bonds is 4. The molecule has 0 atom stereocenters. The zero-order valence-corrected chi connectivity index (χ0v) is 11.6. The molecule has 0 saturated carbocycles. The van der Waals surface area contributed by atoms with Gasteiger partial charge in [-0.25, -0.2) is 0 Å². The maximum Gasteiger partial charge on any atom is 0.0870 e. The molecule has 5 heteroatoms. The van der Waals surface area contributed by atoms with Crippen LogP contribution in [0.4, 0.5) is 0 Å². The van der Waals surface area contributed by atoms with Gasteiger partial charge in [-0.3, -0.25) is 14.8 Å². The van der Waals surface area contributed by atoms with Crippen molar-refractivity contribution >= 4 is 17.2 Å². The maximum absolute atomic E-state index is 5.57. The lowest BCUT2D eigenvalue weighted by molar-refractivity contribution is 0.139. The third kappa shape index (κ3) is 3.73. The molecule has 0 unspecified atom stereocenters. The van der Waals surface area contributed by atoms with Gasteiger partial charge in [-0.2, -0.15) is 0 Å². The topological polar surface area (TPSA) is 45.4 Å².